The third-order valence-corrected chi connectivity index (χ3v) is 8.37. The van der Waals surface area contributed by atoms with Gasteiger partial charge in [0, 0.05) is 51.5 Å². The first-order valence-electron chi connectivity index (χ1n) is 11.7. The molecule has 9 heteroatoms. The summed E-state index contributed by atoms with van der Waals surface area (Å²) in [6, 6.07) is 12.8. The molecule has 0 aliphatic carbocycles. The number of rotatable bonds is 6. The van der Waals surface area contributed by atoms with Gasteiger partial charge in [0.2, 0.25) is 21.8 Å². The van der Waals surface area contributed by atoms with Crippen LogP contribution >= 0.6 is 0 Å². The summed E-state index contributed by atoms with van der Waals surface area (Å²) in [5, 5.41) is 5.80. The molecular formula is C25H32N4O4S. The van der Waals surface area contributed by atoms with E-state index in [2.05, 4.69) is 10.6 Å². The van der Waals surface area contributed by atoms with Crippen molar-refractivity contribution in [2.75, 3.05) is 37.4 Å². The second-order valence-electron chi connectivity index (χ2n) is 9.20. The Kier molecular flexibility index (Phi) is 7.23. The molecular weight excluding hydrogens is 452 g/mol. The molecule has 2 aromatic carbocycles. The number of sulfonamides is 1. The second kappa shape index (κ2) is 10.1. The third kappa shape index (κ3) is 5.42. The van der Waals surface area contributed by atoms with Crippen molar-refractivity contribution in [2.45, 2.75) is 43.5 Å². The van der Waals surface area contributed by atoms with Crippen LogP contribution in [0.5, 0.6) is 0 Å². The molecule has 2 aliphatic rings. The Hall–Kier alpha value is -2.91. The molecule has 0 unspecified atom stereocenters. The molecule has 0 bridgehead atoms. The van der Waals surface area contributed by atoms with Gasteiger partial charge < -0.3 is 15.5 Å². The average Bonchev–Trinajstić information content (AvgIpc) is 3.02. The fourth-order valence-corrected chi connectivity index (χ4v) is 6.06. The van der Waals surface area contributed by atoms with E-state index in [0.717, 1.165) is 16.8 Å². The maximum atomic E-state index is 13.4. The van der Waals surface area contributed by atoms with Crippen molar-refractivity contribution < 1.29 is 18.0 Å². The molecule has 0 radical (unpaired) electrons. The number of carbonyl (C=O) groups is 2. The largest absolute Gasteiger partial charge is 0.378 e. The van der Waals surface area contributed by atoms with Gasteiger partial charge in [0.25, 0.3) is 0 Å². The maximum absolute atomic E-state index is 13.4. The van der Waals surface area contributed by atoms with Gasteiger partial charge in [-0.25, -0.2) is 8.42 Å². The molecule has 2 amide bonds. The minimum Gasteiger partial charge on any atom is -0.378 e. The Morgan fingerprint density at radius 1 is 1.12 bits per heavy atom. The number of benzene rings is 2. The molecule has 8 nitrogen and oxygen atoms in total. The molecule has 1 fully saturated rings. The van der Waals surface area contributed by atoms with Gasteiger partial charge in [-0.3, -0.25) is 9.59 Å². The minimum absolute atomic E-state index is 0.0483. The first-order chi connectivity index (χ1) is 16.2. The van der Waals surface area contributed by atoms with E-state index in [9.17, 15) is 18.0 Å². The number of amides is 2. The molecule has 2 aliphatic heterocycles. The molecule has 1 atom stereocenters. The molecule has 4 rings (SSSR count). The van der Waals surface area contributed by atoms with Crippen LogP contribution in [0.1, 0.15) is 36.8 Å². The predicted octanol–water partition coefficient (Wildman–Crippen LogP) is 2.74. The summed E-state index contributed by atoms with van der Waals surface area (Å²) in [6.07, 6.45) is 3.06. The van der Waals surface area contributed by atoms with Crippen LogP contribution in [0.2, 0.25) is 0 Å². The highest BCUT2D eigenvalue weighted by atomic mass is 32.2. The van der Waals surface area contributed by atoms with Crippen LogP contribution in [-0.4, -0.2) is 51.7 Å². The topological polar surface area (TPSA) is 98.8 Å². The highest BCUT2D eigenvalue weighted by Gasteiger charge is 2.33. The number of nitrogens with zero attached hydrogens (tertiary/aromatic N) is 2. The summed E-state index contributed by atoms with van der Waals surface area (Å²) in [4.78, 5) is 26.8. The maximum Gasteiger partial charge on any atom is 0.243 e. The summed E-state index contributed by atoms with van der Waals surface area (Å²) in [6.45, 7) is 0.972. The standard InChI is InChI=1S/C25H32N4O4S/c1-28(2)21-10-8-18(9-11-21)16-26-25(31)20-6-4-14-29(17-20)34(32,33)22-12-13-23-19(15-22)5-3-7-24(30)27-23/h8-13,15,20H,3-7,14,16-17H2,1-2H3,(H,26,31)(H,27,30)/t20-/m1/s1. The van der Waals surface area contributed by atoms with Crippen molar-refractivity contribution >= 4 is 33.2 Å². The number of hydrogen-bond donors (Lipinski definition) is 2. The fraction of sp³-hybridized carbons (Fsp3) is 0.440. The fourth-order valence-electron chi connectivity index (χ4n) is 4.48. The molecule has 0 aromatic heterocycles. The van der Waals surface area contributed by atoms with E-state index in [1.165, 1.54) is 4.31 Å². The lowest BCUT2D eigenvalue weighted by Crippen LogP contribution is -2.45. The summed E-state index contributed by atoms with van der Waals surface area (Å²) in [5.41, 5.74) is 3.59. The predicted molar refractivity (Wildman–Crippen MR) is 132 cm³/mol. The van der Waals surface area contributed by atoms with Crippen LogP contribution in [0.4, 0.5) is 11.4 Å². The molecule has 2 N–H and O–H groups in total. The first kappa shape index (κ1) is 24.2. The van der Waals surface area contributed by atoms with Gasteiger partial charge >= 0.3 is 0 Å². The molecule has 1 saturated heterocycles. The lowest BCUT2D eigenvalue weighted by molar-refractivity contribution is -0.126. The number of nitrogens with one attached hydrogen (secondary N) is 2. The molecule has 0 saturated carbocycles. The number of aryl methyl sites for hydroxylation is 1. The van der Waals surface area contributed by atoms with Crippen molar-refractivity contribution in [3.63, 3.8) is 0 Å². The third-order valence-electron chi connectivity index (χ3n) is 6.51. The van der Waals surface area contributed by atoms with Gasteiger partial charge in [-0.15, -0.1) is 0 Å². The SMILES string of the molecule is CN(C)c1ccc(CNC(=O)[C@@H]2CCCN(S(=O)(=O)c3ccc4c(c3)CCCC(=O)N4)C2)cc1. The molecule has 0 spiro atoms. The summed E-state index contributed by atoms with van der Waals surface area (Å²) in [7, 11) is 0.219. The van der Waals surface area contributed by atoms with Gasteiger partial charge in [-0.2, -0.15) is 4.31 Å². The van der Waals surface area contributed by atoms with Crippen molar-refractivity contribution in [3.8, 4) is 0 Å². The van der Waals surface area contributed by atoms with Gasteiger partial charge in [-0.1, -0.05) is 12.1 Å². The van der Waals surface area contributed by atoms with Crippen molar-refractivity contribution in [1.29, 1.82) is 0 Å². The number of hydrogen-bond acceptors (Lipinski definition) is 5. The highest BCUT2D eigenvalue weighted by Crippen LogP contribution is 2.29. The van der Waals surface area contributed by atoms with Gasteiger partial charge in [0.1, 0.15) is 0 Å². The van der Waals surface area contributed by atoms with E-state index in [1.807, 2.05) is 43.3 Å². The Morgan fingerprint density at radius 2 is 1.88 bits per heavy atom. The van der Waals surface area contributed by atoms with E-state index < -0.39 is 10.0 Å². The van der Waals surface area contributed by atoms with Crippen LogP contribution in [0.25, 0.3) is 0 Å². The zero-order chi connectivity index (χ0) is 24.3. The number of anilines is 2. The second-order valence-corrected chi connectivity index (χ2v) is 11.1. The lowest BCUT2D eigenvalue weighted by atomic mass is 9.99. The molecule has 2 heterocycles. The summed E-state index contributed by atoms with van der Waals surface area (Å²) >= 11 is 0. The zero-order valence-corrected chi connectivity index (χ0v) is 20.5. The zero-order valence-electron chi connectivity index (χ0n) is 19.7. The van der Waals surface area contributed by atoms with Crippen LogP contribution in [0.3, 0.4) is 0 Å². The van der Waals surface area contributed by atoms with Crippen LogP contribution in [0, 0.1) is 5.92 Å². The number of fused-ring (bicyclic) bond motifs is 1. The number of carbonyl (C=O) groups excluding carboxylic acids is 2. The Labute approximate surface area is 201 Å². The van der Waals surface area contributed by atoms with E-state index in [-0.39, 0.29) is 29.2 Å². The molecule has 34 heavy (non-hydrogen) atoms. The summed E-state index contributed by atoms with van der Waals surface area (Å²) in [5.74, 6) is -0.557. The van der Waals surface area contributed by atoms with Gasteiger partial charge in [0.05, 0.1) is 10.8 Å². The van der Waals surface area contributed by atoms with E-state index in [4.69, 9.17) is 0 Å². The highest BCUT2D eigenvalue weighted by molar-refractivity contribution is 7.89. The minimum atomic E-state index is -3.73. The molecule has 182 valence electrons. The van der Waals surface area contributed by atoms with Crippen molar-refractivity contribution in [2.24, 2.45) is 5.92 Å². The average molecular weight is 485 g/mol. The Bertz CT molecular complexity index is 1160. The smallest absolute Gasteiger partial charge is 0.243 e. The quantitative estimate of drug-likeness (QED) is 0.657. The van der Waals surface area contributed by atoms with Gasteiger partial charge in [-0.05, 0) is 67.1 Å². The number of piperidine rings is 1. The normalized spacial score (nSPS) is 19.0. The van der Waals surface area contributed by atoms with Gasteiger partial charge in [0.15, 0.2) is 0 Å². The van der Waals surface area contributed by atoms with E-state index in [0.29, 0.717) is 50.9 Å². The first-order valence-corrected chi connectivity index (χ1v) is 13.1. The summed E-state index contributed by atoms with van der Waals surface area (Å²) < 4.78 is 28.1. The monoisotopic (exact) mass is 484 g/mol. The van der Waals surface area contributed by atoms with E-state index in [1.54, 1.807) is 18.2 Å². The molecule has 2 aromatic rings. The van der Waals surface area contributed by atoms with E-state index >= 15 is 0 Å². The van der Waals surface area contributed by atoms with Crippen LogP contribution in [-0.2, 0) is 32.6 Å². The van der Waals surface area contributed by atoms with Crippen LogP contribution in [0.15, 0.2) is 47.4 Å². The Balaban J connectivity index is 1.41. The Morgan fingerprint density at radius 3 is 2.62 bits per heavy atom. The van der Waals surface area contributed by atoms with Crippen molar-refractivity contribution in [1.82, 2.24) is 9.62 Å². The van der Waals surface area contributed by atoms with Crippen molar-refractivity contribution in [3.05, 3.63) is 53.6 Å². The van der Waals surface area contributed by atoms with Crippen LogP contribution < -0.4 is 15.5 Å². The lowest BCUT2D eigenvalue weighted by Gasteiger charge is -2.31.